The molecule has 2 aromatic rings. The Labute approximate surface area is 114 Å². The molecule has 1 aromatic heterocycles. The van der Waals surface area contributed by atoms with Crippen LogP contribution >= 0.6 is 0 Å². The Bertz CT molecular complexity index is 549. The van der Waals surface area contributed by atoms with E-state index < -0.39 is 12.7 Å². The van der Waals surface area contributed by atoms with Crippen molar-refractivity contribution in [2.45, 2.75) is 26.1 Å². The van der Waals surface area contributed by atoms with Crippen molar-refractivity contribution in [3.63, 3.8) is 0 Å². The van der Waals surface area contributed by atoms with Crippen molar-refractivity contribution in [3.8, 4) is 0 Å². The molecule has 1 heterocycles. The van der Waals surface area contributed by atoms with Crippen LogP contribution in [0.3, 0.4) is 0 Å². The van der Waals surface area contributed by atoms with Crippen LogP contribution in [-0.2, 0) is 13.0 Å². The van der Waals surface area contributed by atoms with Crippen molar-refractivity contribution >= 4 is 0 Å². The monoisotopic (exact) mass is 285 g/mol. The van der Waals surface area contributed by atoms with Crippen molar-refractivity contribution in [1.29, 1.82) is 0 Å². The number of nitrogens with one attached hydrogen (secondary N) is 1. The molecule has 0 atom stereocenters. The fourth-order valence-electron chi connectivity index (χ4n) is 1.63. The normalized spacial score (nSPS) is 11.8. The largest absolute Gasteiger partial charge is 0.401 e. The van der Waals surface area contributed by atoms with E-state index in [9.17, 15) is 13.2 Å². The molecule has 0 fully saturated rings. The number of alkyl halides is 3. The van der Waals surface area contributed by atoms with Crippen LogP contribution in [0.5, 0.6) is 0 Å². The lowest BCUT2D eigenvalue weighted by atomic mass is 10.1. The van der Waals surface area contributed by atoms with Gasteiger partial charge in [-0.05, 0) is 12.5 Å². The molecule has 0 saturated carbocycles. The zero-order valence-electron chi connectivity index (χ0n) is 10.9. The Hall–Kier alpha value is -1.89. The maximum atomic E-state index is 12.0. The van der Waals surface area contributed by atoms with Gasteiger partial charge in [-0.1, -0.05) is 35.0 Å². The van der Waals surface area contributed by atoms with Gasteiger partial charge < -0.3 is 9.84 Å². The summed E-state index contributed by atoms with van der Waals surface area (Å²) in [4.78, 5) is 4.04. The van der Waals surface area contributed by atoms with Gasteiger partial charge >= 0.3 is 6.18 Å². The Morgan fingerprint density at radius 1 is 1.20 bits per heavy atom. The van der Waals surface area contributed by atoms with Crippen molar-refractivity contribution in [2.24, 2.45) is 0 Å². The van der Waals surface area contributed by atoms with Gasteiger partial charge in [0.15, 0.2) is 5.82 Å². The van der Waals surface area contributed by atoms with Crippen molar-refractivity contribution in [1.82, 2.24) is 15.5 Å². The van der Waals surface area contributed by atoms with E-state index >= 15 is 0 Å². The quantitative estimate of drug-likeness (QED) is 0.917. The van der Waals surface area contributed by atoms with Crippen LogP contribution in [-0.4, -0.2) is 22.9 Å². The number of halogens is 3. The zero-order valence-corrected chi connectivity index (χ0v) is 10.9. The van der Waals surface area contributed by atoms with Crippen molar-refractivity contribution in [2.75, 3.05) is 6.54 Å². The number of rotatable bonds is 5. The lowest BCUT2D eigenvalue weighted by Crippen LogP contribution is -2.28. The summed E-state index contributed by atoms with van der Waals surface area (Å²) in [6.07, 6.45) is -3.76. The highest BCUT2D eigenvalue weighted by Gasteiger charge is 2.26. The molecule has 1 N–H and O–H groups in total. The second-order valence-electron chi connectivity index (χ2n) is 4.49. The van der Waals surface area contributed by atoms with Gasteiger partial charge in [-0.25, -0.2) is 0 Å². The minimum Gasteiger partial charge on any atom is -0.338 e. The zero-order chi connectivity index (χ0) is 14.6. The second kappa shape index (κ2) is 6.04. The van der Waals surface area contributed by atoms with E-state index in [-0.39, 0.29) is 12.4 Å². The first kappa shape index (κ1) is 14.5. The van der Waals surface area contributed by atoms with Crippen LogP contribution in [0.25, 0.3) is 0 Å². The first-order valence-electron chi connectivity index (χ1n) is 6.07. The van der Waals surface area contributed by atoms with E-state index in [0.717, 1.165) is 11.1 Å². The Morgan fingerprint density at radius 3 is 2.55 bits per heavy atom. The molecule has 108 valence electrons. The van der Waals surface area contributed by atoms with Gasteiger partial charge in [0.25, 0.3) is 0 Å². The highest BCUT2D eigenvalue weighted by atomic mass is 19.4. The molecule has 0 saturated heterocycles. The van der Waals surface area contributed by atoms with Crippen molar-refractivity contribution < 1.29 is 17.7 Å². The molecule has 2 rings (SSSR count). The van der Waals surface area contributed by atoms with E-state index in [1.54, 1.807) is 0 Å². The van der Waals surface area contributed by atoms with Crippen LogP contribution in [0.4, 0.5) is 13.2 Å². The first-order chi connectivity index (χ1) is 9.42. The first-order valence-corrected chi connectivity index (χ1v) is 6.07. The van der Waals surface area contributed by atoms with Crippen LogP contribution in [0.1, 0.15) is 22.8 Å². The third kappa shape index (κ3) is 4.65. The molecule has 4 nitrogen and oxygen atoms in total. The van der Waals surface area contributed by atoms with Crippen LogP contribution in [0.15, 0.2) is 28.8 Å². The lowest BCUT2D eigenvalue weighted by Gasteiger charge is -2.05. The second-order valence-corrected chi connectivity index (χ2v) is 4.49. The van der Waals surface area contributed by atoms with Gasteiger partial charge in [0, 0.05) is 6.42 Å². The summed E-state index contributed by atoms with van der Waals surface area (Å²) in [6.45, 7) is 0.811. The maximum Gasteiger partial charge on any atom is 0.401 e. The number of nitrogens with zero attached hydrogens (tertiary/aromatic N) is 2. The molecule has 0 amide bonds. The van der Waals surface area contributed by atoms with Gasteiger partial charge in [-0.3, -0.25) is 0 Å². The third-order valence-electron chi connectivity index (χ3n) is 2.59. The highest BCUT2D eigenvalue weighted by molar-refractivity contribution is 5.23. The average molecular weight is 285 g/mol. The summed E-state index contributed by atoms with van der Waals surface area (Å²) >= 11 is 0. The molecular weight excluding hydrogens is 271 g/mol. The molecule has 20 heavy (non-hydrogen) atoms. The van der Waals surface area contributed by atoms with E-state index in [0.29, 0.717) is 12.2 Å². The number of aromatic nitrogens is 2. The summed E-state index contributed by atoms with van der Waals surface area (Å²) in [5.74, 6) is 0.606. The predicted octanol–water partition coefficient (Wildman–Crippen LogP) is 2.62. The molecule has 0 aliphatic heterocycles. The maximum absolute atomic E-state index is 12.0. The molecule has 0 unspecified atom stereocenters. The van der Waals surface area contributed by atoms with E-state index in [1.807, 2.05) is 31.2 Å². The van der Waals surface area contributed by atoms with Crippen LogP contribution < -0.4 is 5.32 Å². The number of aryl methyl sites for hydroxylation is 1. The minimum absolute atomic E-state index is 0.0968. The summed E-state index contributed by atoms with van der Waals surface area (Å²) in [5, 5.41) is 5.95. The number of hydrogen-bond acceptors (Lipinski definition) is 4. The van der Waals surface area contributed by atoms with Crippen LogP contribution in [0.2, 0.25) is 0 Å². The Balaban J connectivity index is 1.87. The number of hydrogen-bond donors (Lipinski definition) is 1. The Kier molecular flexibility index (Phi) is 4.39. The summed E-state index contributed by atoms with van der Waals surface area (Å²) in [7, 11) is 0. The van der Waals surface area contributed by atoms with Gasteiger partial charge in [-0.15, -0.1) is 0 Å². The standard InChI is InChI=1S/C13H14F3N3O/c1-9-2-4-10(5-3-9)6-11-18-12(20-19-11)7-17-8-13(14,15)16/h2-5,17H,6-8H2,1H3. The lowest BCUT2D eigenvalue weighted by molar-refractivity contribution is -0.125. The van der Waals surface area contributed by atoms with E-state index in [4.69, 9.17) is 4.52 Å². The van der Waals surface area contributed by atoms with E-state index in [1.165, 1.54) is 0 Å². The summed E-state index contributed by atoms with van der Waals surface area (Å²) in [6, 6.07) is 7.85. The van der Waals surface area contributed by atoms with Gasteiger partial charge in [0.2, 0.25) is 5.89 Å². The number of benzene rings is 1. The Morgan fingerprint density at radius 2 is 1.90 bits per heavy atom. The van der Waals surface area contributed by atoms with Gasteiger partial charge in [0.05, 0.1) is 13.1 Å². The topological polar surface area (TPSA) is 51.0 Å². The molecule has 1 aromatic carbocycles. The van der Waals surface area contributed by atoms with Gasteiger partial charge in [-0.2, -0.15) is 18.2 Å². The fraction of sp³-hybridized carbons (Fsp3) is 0.385. The van der Waals surface area contributed by atoms with E-state index in [2.05, 4.69) is 15.5 Å². The third-order valence-corrected chi connectivity index (χ3v) is 2.59. The summed E-state index contributed by atoms with van der Waals surface area (Å²) < 4.78 is 40.7. The molecule has 0 aliphatic carbocycles. The SMILES string of the molecule is Cc1ccc(Cc2noc(CNCC(F)(F)F)n2)cc1. The molecule has 7 heteroatoms. The summed E-state index contributed by atoms with van der Waals surface area (Å²) in [5.41, 5.74) is 2.17. The molecule has 0 bridgehead atoms. The minimum atomic E-state index is -4.25. The van der Waals surface area contributed by atoms with Gasteiger partial charge in [0.1, 0.15) is 0 Å². The molecule has 0 radical (unpaired) electrons. The average Bonchev–Trinajstić information content (AvgIpc) is 2.78. The molecule has 0 aliphatic rings. The van der Waals surface area contributed by atoms with Crippen molar-refractivity contribution in [3.05, 3.63) is 47.1 Å². The molecular formula is C13H14F3N3O. The smallest absolute Gasteiger partial charge is 0.338 e. The molecule has 0 spiro atoms. The predicted molar refractivity (Wildman–Crippen MR) is 66.0 cm³/mol. The highest BCUT2D eigenvalue weighted by Crippen LogP contribution is 2.13. The fourth-order valence-corrected chi connectivity index (χ4v) is 1.63. The van der Waals surface area contributed by atoms with Crippen LogP contribution in [0, 0.1) is 6.92 Å².